The Bertz CT molecular complexity index is 5090. The molecule has 16 rings (SSSR count). The summed E-state index contributed by atoms with van der Waals surface area (Å²) in [6.45, 7) is 0. The lowest BCUT2D eigenvalue weighted by Gasteiger charge is -2.19. The molecule has 0 aliphatic rings. The highest BCUT2D eigenvalue weighted by molar-refractivity contribution is 6.14. The lowest BCUT2D eigenvalue weighted by atomic mass is 9.94. The maximum absolute atomic E-state index is 10.2. The van der Waals surface area contributed by atoms with Crippen LogP contribution in [0.25, 0.3) is 156 Å². The number of nitrogens with zero attached hydrogens (tertiary/aromatic N) is 6. The SMILES string of the molecule is N#Cc1ccc(-c2cc(-c3cc(-c4nc(-c5ccccc5)nc(-c5ccccc5)n4)ccc3-n3c4ccc(-c5ccccc5)cc4c4cc(-c5ccccc5)ccc43)ccc2-n2c3ccc(-c4ccccc4)cc3c3cc(-c4ccccc4)ccc32)cc1. The van der Waals surface area contributed by atoms with Gasteiger partial charge in [-0.15, -0.1) is 0 Å². The van der Waals surface area contributed by atoms with E-state index in [0.29, 0.717) is 23.0 Å². The molecule has 0 aliphatic carbocycles. The first-order valence-corrected chi connectivity index (χ1v) is 29.6. The second-order valence-corrected chi connectivity index (χ2v) is 22.3. The van der Waals surface area contributed by atoms with E-state index in [0.717, 1.165) is 138 Å². The molecule has 0 saturated carbocycles. The monoisotopic (exact) mass is 1120 g/mol. The van der Waals surface area contributed by atoms with E-state index >= 15 is 0 Å². The number of benzene rings is 13. The van der Waals surface area contributed by atoms with Crippen LogP contribution in [0.1, 0.15) is 5.56 Å². The molecule has 0 atom stereocenters. The summed E-state index contributed by atoms with van der Waals surface area (Å²) in [7, 11) is 0. The van der Waals surface area contributed by atoms with Gasteiger partial charge in [0.2, 0.25) is 0 Å². The lowest BCUT2D eigenvalue weighted by Crippen LogP contribution is -2.02. The zero-order chi connectivity index (χ0) is 58.5. The molecular weight excluding hydrogens is 1070 g/mol. The van der Waals surface area contributed by atoms with Crippen molar-refractivity contribution in [1.82, 2.24) is 24.1 Å². The summed E-state index contributed by atoms with van der Waals surface area (Å²) in [4.78, 5) is 15.7. The van der Waals surface area contributed by atoms with Crippen LogP contribution in [0.4, 0.5) is 0 Å². The zero-order valence-corrected chi connectivity index (χ0v) is 47.7. The molecule has 13 aromatic carbocycles. The largest absolute Gasteiger partial charge is 0.309 e. The van der Waals surface area contributed by atoms with E-state index in [4.69, 9.17) is 15.0 Å². The van der Waals surface area contributed by atoms with Crippen molar-refractivity contribution in [2.45, 2.75) is 0 Å². The van der Waals surface area contributed by atoms with E-state index in [2.05, 4.69) is 258 Å². The minimum absolute atomic E-state index is 0.557. The van der Waals surface area contributed by atoms with E-state index in [1.807, 2.05) is 72.8 Å². The molecule has 0 bridgehead atoms. The number of hydrogen-bond donors (Lipinski definition) is 0. The van der Waals surface area contributed by atoms with Crippen molar-refractivity contribution in [2.24, 2.45) is 0 Å². The van der Waals surface area contributed by atoms with E-state index in [-0.39, 0.29) is 0 Å². The Morgan fingerprint density at radius 3 is 0.841 bits per heavy atom. The second-order valence-electron chi connectivity index (χ2n) is 22.3. The Balaban J connectivity index is 0.972. The number of aromatic nitrogens is 5. The summed E-state index contributed by atoms with van der Waals surface area (Å²) >= 11 is 0. The number of fused-ring (bicyclic) bond motifs is 6. The van der Waals surface area contributed by atoms with Crippen molar-refractivity contribution in [1.29, 1.82) is 5.26 Å². The topological polar surface area (TPSA) is 72.3 Å². The van der Waals surface area contributed by atoms with Gasteiger partial charge in [-0.25, -0.2) is 15.0 Å². The van der Waals surface area contributed by atoms with Crippen molar-refractivity contribution in [2.75, 3.05) is 0 Å². The van der Waals surface area contributed by atoms with Gasteiger partial charge >= 0.3 is 0 Å². The van der Waals surface area contributed by atoms with Gasteiger partial charge in [-0.3, -0.25) is 0 Å². The average molecular weight is 1120 g/mol. The zero-order valence-electron chi connectivity index (χ0n) is 47.7. The van der Waals surface area contributed by atoms with Crippen LogP contribution in [0, 0.1) is 11.3 Å². The summed E-state index contributed by atoms with van der Waals surface area (Å²) in [6, 6.07) is 114. The molecule has 3 aromatic heterocycles. The molecule has 6 heteroatoms. The fourth-order valence-corrected chi connectivity index (χ4v) is 12.7. The molecule has 0 radical (unpaired) electrons. The van der Waals surface area contributed by atoms with Gasteiger partial charge in [-0.05, 0) is 147 Å². The maximum atomic E-state index is 10.2. The highest BCUT2D eigenvalue weighted by Crippen LogP contribution is 2.45. The van der Waals surface area contributed by atoms with Crippen LogP contribution in [0.3, 0.4) is 0 Å². The van der Waals surface area contributed by atoms with E-state index in [1.54, 1.807) is 0 Å². The molecule has 0 saturated heterocycles. The lowest BCUT2D eigenvalue weighted by molar-refractivity contribution is 1.07. The van der Waals surface area contributed by atoms with E-state index in [1.165, 1.54) is 0 Å². The highest BCUT2D eigenvalue weighted by atomic mass is 15.0. The molecule has 410 valence electrons. The summed E-state index contributed by atoms with van der Waals surface area (Å²) in [5, 5.41) is 14.8. The Labute approximate surface area is 509 Å². The third-order valence-electron chi connectivity index (χ3n) is 17.0. The van der Waals surface area contributed by atoms with Gasteiger partial charge in [0.05, 0.1) is 45.1 Å². The molecule has 3 heterocycles. The second kappa shape index (κ2) is 21.9. The van der Waals surface area contributed by atoms with Crippen LogP contribution in [-0.2, 0) is 0 Å². The Kier molecular flexibility index (Phi) is 12.8. The molecule has 0 fully saturated rings. The van der Waals surface area contributed by atoms with Gasteiger partial charge in [0.1, 0.15) is 0 Å². The number of nitriles is 1. The predicted molar refractivity (Wildman–Crippen MR) is 362 cm³/mol. The first-order valence-electron chi connectivity index (χ1n) is 29.6. The molecule has 88 heavy (non-hydrogen) atoms. The van der Waals surface area contributed by atoms with Gasteiger partial charge < -0.3 is 9.13 Å². The third-order valence-corrected chi connectivity index (χ3v) is 17.0. The van der Waals surface area contributed by atoms with Crippen LogP contribution >= 0.6 is 0 Å². The minimum Gasteiger partial charge on any atom is -0.309 e. The van der Waals surface area contributed by atoms with Gasteiger partial charge in [0, 0.05) is 49.4 Å². The van der Waals surface area contributed by atoms with Gasteiger partial charge in [0.25, 0.3) is 0 Å². The smallest absolute Gasteiger partial charge is 0.164 e. The highest BCUT2D eigenvalue weighted by Gasteiger charge is 2.23. The van der Waals surface area contributed by atoms with E-state index < -0.39 is 0 Å². The fourth-order valence-electron chi connectivity index (χ4n) is 12.7. The van der Waals surface area contributed by atoms with E-state index in [9.17, 15) is 5.26 Å². The van der Waals surface area contributed by atoms with Crippen LogP contribution in [0.2, 0.25) is 0 Å². The van der Waals surface area contributed by atoms with Crippen LogP contribution in [-0.4, -0.2) is 24.1 Å². The van der Waals surface area contributed by atoms with Crippen molar-refractivity contribution >= 4 is 43.6 Å². The van der Waals surface area contributed by atoms with Crippen molar-refractivity contribution in [3.05, 3.63) is 321 Å². The minimum atomic E-state index is 0.557. The van der Waals surface area contributed by atoms with Crippen molar-refractivity contribution in [3.63, 3.8) is 0 Å². The molecule has 0 unspecified atom stereocenters. The molecule has 0 amide bonds. The van der Waals surface area contributed by atoms with Crippen LogP contribution in [0.15, 0.2) is 315 Å². The Morgan fingerprint density at radius 2 is 0.500 bits per heavy atom. The van der Waals surface area contributed by atoms with Crippen molar-refractivity contribution in [3.8, 4) is 118 Å². The van der Waals surface area contributed by atoms with Crippen LogP contribution < -0.4 is 0 Å². The fraction of sp³-hybridized carbons (Fsp3) is 0. The normalized spacial score (nSPS) is 11.4. The number of rotatable bonds is 11. The summed E-state index contributed by atoms with van der Waals surface area (Å²) in [6.07, 6.45) is 0. The van der Waals surface area contributed by atoms with Crippen molar-refractivity contribution < 1.29 is 0 Å². The standard InChI is InChI=1S/C82H52N6/c83-53-54-31-33-59(34-32-54)68-51-66(39-45-74(68)87-76-41-35-62(55-19-7-1-8-20-55)47-70(76)71-48-63(36-42-77(71)87)56-21-9-2-10-22-56)69-52-67(82-85-80(60-27-15-5-16-28-60)84-81(86-82)61-29-17-6-18-30-61)40-46-75(69)88-78-43-37-64(57-23-11-3-12-24-57)49-72(78)73-50-65(38-44-79(73)88)58-25-13-4-14-26-58/h1-52H. The van der Waals surface area contributed by atoms with Gasteiger partial charge in [-0.2, -0.15) is 5.26 Å². The molecule has 0 N–H and O–H groups in total. The Hall–Kier alpha value is -12.0. The van der Waals surface area contributed by atoms with Gasteiger partial charge in [-0.1, -0.05) is 224 Å². The predicted octanol–water partition coefficient (Wildman–Crippen LogP) is 20.9. The first-order chi connectivity index (χ1) is 43.6. The summed E-state index contributed by atoms with van der Waals surface area (Å²) in [5.41, 5.74) is 22.7. The molecule has 0 aliphatic heterocycles. The first kappa shape index (κ1) is 51.6. The Morgan fingerprint density at radius 1 is 0.227 bits per heavy atom. The summed E-state index contributed by atoms with van der Waals surface area (Å²) < 4.78 is 4.86. The quantitative estimate of drug-likeness (QED) is 0.129. The third kappa shape index (κ3) is 9.28. The molecule has 6 nitrogen and oxygen atoms in total. The number of hydrogen-bond acceptors (Lipinski definition) is 4. The average Bonchev–Trinajstić information content (AvgIpc) is 2.17. The van der Waals surface area contributed by atoms with Gasteiger partial charge in [0.15, 0.2) is 17.5 Å². The summed E-state index contributed by atoms with van der Waals surface area (Å²) in [5.74, 6) is 1.74. The maximum Gasteiger partial charge on any atom is 0.164 e. The molecule has 0 spiro atoms. The van der Waals surface area contributed by atoms with Crippen LogP contribution in [0.5, 0.6) is 0 Å². The molecule has 16 aromatic rings. The molecular formula is C82H52N6.